The number of urea groups is 1. The molecular formula is C16H22N4O2S. The van der Waals surface area contributed by atoms with Crippen molar-refractivity contribution in [1.29, 1.82) is 0 Å². The van der Waals surface area contributed by atoms with Crippen LogP contribution in [-0.2, 0) is 10.8 Å². The number of aromatic nitrogens is 2. The molecule has 0 unspecified atom stereocenters. The highest BCUT2D eigenvalue weighted by molar-refractivity contribution is 7.86. The zero-order valence-electron chi connectivity index (χ0n) is 13.6. The summed E-state index contributed by atoms with van der Waals surface area (Å²) in [5.74, 6) is 0.431. The van der Waals surface area contributed by atoms with Gasteiger partial charge in [0.2, 0.25) is 0 Å². The maximum absolute atomic E-state index is 11.9. The van der Waals surface area contributed by atoms with Gasteiger partial charge in [0.15, 0.2) is 0 Å². The van der Waals surface area contributed by atoms with Crippen LogP contribution in [0.2, 0.25) is 0 Å². The van der Waals surface area contributed by atoms with Gasteiger partial charge >= 0.3 is 6.03 Å². The minimum atomic E-state index is -0.980. The highest BCUT2D eigenvalue weighted by atomic mass is 32.2. The van der Waals surface area contributed by atoms with Crippen LogP contribution in [0.15, 0.2) is 42.7 Å². The molecule has 1 aromatic carbocycles. The number of rotatable bonds is 5. The molecule has 0 aliphatic rings. The smallest absolute Gasteiger partial charge is 0.319 e. The number of hydrogen-bond acceptors (Lipinski definition) is 3. The average Bonchev–Trinajstić information content (AvgIpc) is 2.95. The number of para-hydroxylation sites is 1. The van der Waals surface area contributed by atoms with E-state index in [4.69, 9.17) is 0 Å². The van der Waals surface area contributed by atoms with E-state index in [0.717, 1.165) is 5.69 Å². The fourth-order valence-corrected chi connectivity index (χ4v) is 2.75. The molecule has 7 heteroatoms. The molecule has 2 N–H and O–H groups in total. The van der Waals surface area contributed by atoms with Gasteiger partial charge in [-0.2, -0.15) is 5.10 Å². The number of hydrogen-bond donors (Lipinski definition) is 2. The molecule has 124 valence electrons. The van der Waals surface area contributed by atoms with Gasteiger partial charge in [-0.25, -0.2) is 9.48 Å². The lowest BCUT2D eigenvalue weighted by atomic mass is 10.3. The van der Waals surface area contributed by atoms with Gasteiger partial charge in [0.1, 0.15) is 0 Å². The molecular weight excluding hydrogens is 312 g/mol. The number of carbonyl (C=O) groups is 1. The van der Waals surface area contributed by atoms with Crippen molar-refractivity contribution in [2.24, 2.45) is 0 Å². The molecule has 23 heavy (non-hydrogen) atoms. The van der Waals surface area contributed by atoms with Crippen molar-refractivity contribution >= 4 is 22.5 Å². The number of nitrogens with one attached hydrogen (secondary N) is 2. The van der Waals surface area contributed by atoms with Crippen molar-refractivity contribution in [2.75, 3.05) is 17.6 Å². The molecule has 1 atom stereocenters. The Morgan fingerprint density at radius 3 is 2.61 bits per heavy atom. The highest BCUT2D eigenvalue weighted by Crippen LogP contribution is 2.12. The lowest BCUT2D eigenvalue weighted by molar-refractivity contribution is 0.252. The maximum Gasteiger partial charge on any atom is 0.319 e. The van der Waals surface area contributed by atoms with Gasteiger partial charge in [-0.3, -0.25) is 4.21 Å². The maximum atomic E-state index is 11.9. The van der Waals surface area contributed by atoms with Crippen molar-refractivity contribution in [1.82, 2.24) is 15.1 Å². The van der Waals surface area contributed by atoms with E-state index in [-0.39, 0.29) is 10.8 Å². The van der Waals surface area contributed by atoms with Crippen LogP contribution in [-0.4, -0.2) is 37.1 Å². The topological polar surface area (TPSA) is 76.0 Å². The fourth-order valence-electron chi connectivity index (χ4n) is 1.85. The number of benzene rings is 1. The first-order chi connectivity index (χ1) is 10.9. The molecule has 0 saturated carbocycles. The third-order valence-electron chi connectivity index (χ3n) is 3.12. The number of carbonyl (C=O) groups excluding carboxylic acids is 1. The number of anilines is 1. The number of nitrogens with zero attached hydrogens (tertiary/aromatic N) is 2. The van der Waals surface area contributed by atoms with Gasteiger partial charge in [0, 0.05) is 27.8 Å². The summed E-state index contributed by atoms with van der Waals surface area (Å²) < 4.78 is 13.3. The van der Waals surface area contributed by atoms with E-state index in [0.29, 0.717) is 18.0 Å². The van der Waals surface area contributed by atoms with Gasteiger partial charge in [-0.1, -0.05) is 18.2 Å². The van der Waals surface area contributed by atoms with Crippen molar-refractivity contribution in [2.45, 2.75) is 25.5 Å². The molecule has 1 aromatic heterocycles. The first-order valence-electron chi connectivity index (χ1n) is 7.40. The minimum Gasteiger partial charge on any atom is -0.337 e. The molecule has 2 aromatic rings. The van der Waals surface area contributed by atoms with Gasteiger partial charge in [-0.05, 0) is 32.9 Å². The first-order valence-corrected chi connectivity index (χ1v) is 8.71. The van der Waals surface area contributed by atoms with Crippen molar-refractivity contribution in [3.05, 3.63) is 42.7 Å². The summed E-state index contributed by atoms with van der Waals surface area (Å²) in [4.78, 5) is 11.8. The Bertz CT molecular complexity index is 677. The molecule has 2 rings (SSSR count). The summed E-state index contributed by atoms with van der Waals surface area (Å²) in [6, 6.07) is 9.31. The second kappa shape index (κ2) is 7.41. The molecule has 0 saturated heterocycles. The zero-order valence-corrected chi connectivity index (χ0v) is 14.4. The summed E-state index contributed by atoms with van der Waals surface area (Å²) >= 11 is 0. The lowest BCUT2D eigenvalue weighted by Gasteiger charge is -2.17. The van der Waals surface area contributed by atoms with Gasteiger partial charge in [0.25, 0.3) is 0 Å². The van der Waals surface area contributed by atoms with Crippen molar-refractivity contribution in [3.8, 4) is 5.69 Å². The van der Waals surface area contributed by atoms with Crippen LogP contribution >= 0.6 is 0 Å². The summed E-state index contributed by atoms with van der Waals surface area (Å²) in [5, 5.41) is 9.62. The fraction of sp³-hybridized carbons (Fsp3) is 0.375. The average molecular weight is 334 g/mol. The van der Waals surface area contributed by atoms with E-state index in [9.17, 15) is 9.00 Å². The Labute approximate surface area is 138 Å². The highest BCUT2D eigenvalue weighted by Gasteiger charge is 2.18. The van der Waals surface area contributed by atoms with Crippen molar-refractivity contribution in [3.63, 3.8) is 0 Å². The summed E-state index contributed by atoms with van der Waals surface area (Å²) in [6.07, 6.45) is 3.32. The van der Waals surface area contributed by atoms with Crippen LogP contribution in [0.5, 0.6) is 0 Å². The molecule has 1 heterocycles. The lowest BCUT2D eigenvalue weighted by Crippen LogP contribution is -2.34. The third-order valence-corrected chi connectivity index (χ3v) is 5.06. The zero-order chi connectivity index (χ0) is 16.9. The quantitative estimate of drug-likeness (QED) is 0.882. The van der Waals surface area contributed by atoms with E-state index in [1.165, 1.54) is 0 Å². The van der Waals surface area contributed by atoms with E-state index in [1.807, 2.05) is 51.1 Å². The predicted octanol–water partition coefficient (Wildman–Crippen LogP) is 2.54. The molecule has 0 radical (unpaired) electrons. The second-order valence-electron chi connectivity index (χ2n) is 6.05. The number of amides is 2. The van der Waals surface area contributed by atoms with Crippen LogP contribution in [0, 0.1) is 0 Å². The van der Waals surface area contributed by atoms with E-state index in [1.54, 1.807) is 17.1 Å². The Morgan fingerprint density at radius 1 is 1.26 bits per heavy atom. The Hall–Kier alpha value is -2.15. The summed E-state index contributed by atoms with van der Waals surface area (Å²) in [5.41, 5.74) is 1.52. The van der Waals surface area contributed by atoms with Crippen LogP contribution in [0.1, 0.15) is 20.8 Å². The normalized spacial score (nSPS) is 12.7. The second-order valence-corrected chi connectivity index (χ2v) is 8.38. The SMILES string of the molecule is CC(C)(C)[S@](=O)CCNC(=O)Nc1cnn(-c2ccccc2)c1. The molecule has 0 spiro atoms. The van der Waals surface area contributed by atoms with Crippen molar-refractivity contribution < 1.29 is 9.00 Å². The Morgan fingerprint density at radius 2 is 1.96 bits per heavy atom. The van der Waals surface area contributed by atoms with Gasteiger partial charge < -0.3 is 10.6 Å². The molecule has 0 aliphatic heterocycles. The summed E-state index contributed by atoms with van der Waals surface area (Å²) in [7, 11) is -0.980. The van der Waals surface area contributed by atoms with E-state index in [2.05, 4.69) is 15.7 Å². The summed E-state index contributed by atoms with van der Waals surface area (Å²) in [6.45, 7) is 6.12. The van der Waals surface area contributed by atoms with E-state index < -0.39 is 10.8 Å². The van der Waals surface area contributed by atoms with Crippen LogP contribution in [0.4, 0.5) is 10.5 Å². The molecule has 0 bridgehead atoms. The monoisotopic (exact) mass is 334 g/mol. The van der Waals surface area contributed by atoms with E-state index >= 15 is 0 Å². The van der Waals surface area contributed by atoms with Gasteiger partial charge in [-0.15, -0.1) is 0 Å². The van der Waals surface area contributed by atoms with Crippen LogP contribution in [0.3, 0.4) is 0 Å². The Kier molecular flexibility index (Phi) is 5.54. The Balaban J connectivity index is 1.82. The largest absolute Gasteiger partial charge is 0.337 e. The van der Waals surface area contributed by atoms with Crippen LogP contribution in [0.25, 0.3) is 5.69 Å². The predicted molar refractivity (Wildman–Crippen MR) is 93.3 cm³/mol. The third kappa shape index (κ3) is 5.21. The van der Waals surface area contributed by atoms with Crippen LogP contribution < -0.4 is 10.6 Å². The first kappa shape index (κ1) is 17.2. The molecule has 0 aliphatic carbocycles. The molecule has 0 fully saturated rings. The minimum absolute atomic E-state index is 0.269. The molecule has 2 amide bonds. The van der Waals surface area contributed by atoms with Gasteiger partial charge in [0.05, 0.1) is 23.8 Å². The molecule has 6 nitrogen and oxygen atoms in total. The standard InChI is InChI=1S/C16H22N4O2S/c1-16(2,3)23(22)10-9-17-15(21)19-13-11-18-20(12-13)14-7-5-4-6-8-14/h4-8,11-12H,9-10H2,1-3H3,(H2,17,19,21)/t23-/m1/s1.